The van der Waals surface area contributed by atoms with E-state index in [4.69, 9.17) is 4.74 Å². The van der Waals surface area contributed by atoms with E-state index in [1.54, 1.807) is 31.2 Å². The van der Waals surface area contributed by atoms with Gasteiger partial charge in [-0.05, 0) is 41.3 Å². The van der Waals surface area contributed by atoms with Crippen LogP contribution in [0.25, 0.3) is 0 Å². The van der Waals surface area contributed by atoms with E-state index in [0.717, 1.165) is 33.4 Å². The van der Waals surface area contributed by atoms with Gasteiger partial charge in [-0.25, -0.2) is 9.69 Å². The Labute approximate surface area is 196 Å². The number of rotatable bonds is 4. The first-order chi connectivity index (χ1) is 16.6. The highest BCUT2D eigenvalue weighted by molar-refractivity contribution is 6.26. The maximum Gasteiger partial charge on any atom is 0.340 e. The summed E-state index contributed by atoms with van der Waals surface area (Å²) in [5.41, 5.74) is 2.42. The Morgan fingerprint density at radius 2 is 1.50 bits per heavy atom. The fourth-order valence-electron chi connectivity index (χ4n) is 6.32. The van der Waals surface area contributed by atoms with E-state index in [2.05, 4.69) is 0 Å². The summed E-state index contributed by atoms with van der Waals surface area (Å²) >= 11 is 0. The Kier molecular flexibility index (Phi) is 4.36. The highest BCUT2D eigenvalue weighted by atomic mass is 16.5. The number of anilines is 1. The molecule has 0 saturated carbocycles. The lowest BCUT2D eigenvalue weighted by atomic mass is 9.48. The van der Waals surface area contributed by atoms with Crippen LogP contribution in [0.1, 0.15) is 45.5 Å². The molecule has 3 aliphatic carbocycles. The van der Waals surface area contributed by atoms with E-state index in [1.165, 1.54) is 0 Å². The van der Waals surface area contributed by atoms with Crippen molar-refractivity contribution in [2.24, 2.45) is 11.8 Å². The van der Waals surface area contributed by atoms with Crippen LogP contribution in [0.4, 0.5) is 5.69 Å². The molecule has 1 aliphatic heterocycles. The number of esters is 1. The van der Waals surface area contributed by atoms with Gasteiger partial charge in [0, 0.05) is 5.92 Å². The smallest absolute Gasteiger partial charge is 0.340 e. The van der Waals surface area contributed by atoms with Gasteiger partial charge in [0.15, 0.2) is 0 Å². The second kappa shape index (κ2) is 7.22. The number of hydrogen-bond donors (Lipinski definition) is 0. The minimum atomic E-state index is -1.27. The van der Waals surface area contributed by atoms with E-state index < -0.39 is 35.0 Å². The zero-order valence-corrected chi connectivity index (χ0v) is 18.4. The minimum Gasteiger partial charge on any atom is -0.462 e. The van der Waals surface area contributed by atoms with Crippen molar-refractivity contribution in [2.75, 3.05) is 11.5 Å². The Balaban J connectivity index is 1.59. The first-order valence-corrected chi connectivity index (χ1v) is 11.3. The number of ether oxygens (including phenoxy) is 1. The molecule has 0 N–H and O–H groups in total. The number of amides is 2. The summed E-state index contributed by atoms with van der Waals surface area (Å²) in [5.74, 6) is -3.44. The van der Waals surface area contributed by atoms with Crippen molar-refractivity contribution in [3.8, 4) is 0 Å². The van der Waals surface area contributed by atoms with Gasteiger partial charge in [-0.15, -0.1) is 0 Å². The zero-order chi connectivity index (χ0) is 23.6. The number of carbonyl (C=O) groups is 4. The minimum absolute atomic E-state index is 0.146. The molecule has 1 saturated heterocycles. The summed E-state index contributed by atoms with van der Waals surface area (Å²) in [6.07, 6.45) is 0.837. The Hall–Kier alpha value is -4.06. The van der Waals surface area contributed by atoms with Crippen LogP contribution in [-0.4, -0.2) is 30.7 Å². The lowest BCUT2D eigenvalue weighted by Crippen LogP contribution is -2.54. The fraction of sp³-hybridized carbons (Fsp3) is 0.214. The van der Waals surface area contributed by atoms with Gasteiger partial charge < -0.3 is 9.53 Å². The summed E-state index contributed by atoms with van der Waals surface area (Å²) < 4.78 is 5.17. The van der Waals surface area contributed by atoms with E-state index in [9.17, 15) is 19.2 Å². The average molecular weight is 451 g/mol. The topological polar surface area (TPSA) is 80.8 Å². The van der Waals surface area contributed by atoms with Crippen LogP contribution in [0.5, 0.6) is 0 Å². The van der Waals surface area contributed by atoms with Crippen molar-refractivity contribution < 1.29 is 23.9 Å². The van der Waals surface area contributed by atoms with E-state index in [-0.39, 0.29) is 23.8 Å². The molecule has 6 nitrogen and oxygen atoms in total. The maximum atomic E-state index is 14.1. The normalized spacial score (nSPS) is 26.0. The van der Waals surface area contributed by atoms with Crippen LogP contribution in [-0.2, 0) is 24.5 Å². The predicted octanol–water partition coefficient (Wildman–Crippen LogP) is 3.61. The van der Waals surface area contributed by atoms with Crippen molar-refractivity contribution in [3.05, 3.63) is 101 Å². The highest BCUT2D eigenvalue weighted by Crippen LogP contribution is 2.63. The molecule has 1 fully saturated rings. The highest BCUT2D eigenvalue weighted by Gasteiger charge is 2.68. The van der Waals surface area contributed by atoms with E-state index >= 15 is 0 Å². The molecule has 34 heavy (non-hydrogen) atoms. The van der Waals surface area contributed by atoms with Gasteiger partial charge >= 0.3 is 5.97 Å². The van der Waals surface area contributed by atoms with Crippen molar-refractivity contribution >= 4 is 29.8 Å². The van der Waals surface area contributed by atoms with Gasteiger partial charge in [0.25, 0.3) is 0 Å². The van der Waals surface area contributed by atoms with Crippen molar-refractivity contribution in [3.63, 3.8) is 0 Å². The molecule has 168 valence electrons. The van der Waals surface area contributed by atoms with Crippen molar-refractivity contribution in [2.45, 2.75) is 18.3 Å². The molecule has 2 amide bonds. The van der Waals surface area contributed by atoms with Crippen molar-refractivity contribution in [1.29, 1.82) is 0 Å². The summed E-state index contributed by atoms with van der Waals surface area (Å²) in [4.78, 5) is 54.8. The SMILES string of the molecule is CCOC(=O)c1ccccc1N1C(=O)[C@@H]2[C@@H](C1=O)C1c3ccccc3C2(C=O)c2ccccc21. The molecule has 3 aromatic rings. The Morgan fingerprint density at radius 3 is 2.12 bits per heavy atom. The molecule has 1 heterocycles. The van der Waals surface area contributed by atoms with E-state index in [1.807, 2.05) is 48.5 Å². The first kappa shape index (κ1) is 20.5. The lowest BCUT2D eigenvalue weighted by molar-refractivity contribution is -0.128. The lowest BCUT2D eigenvalue weighted by Gasteiger charge is -2.51. The van der Waals surface area contributed by atoms with Gasteiger partial charge in [-0.1, -0.05) is 60.7 Å². The molecule has 2 bridgehead atoms. The molecule has 6 heteroatoms. The number of nitrogens with zero attached hydrogens (tertiary/aromatic N) is 1. The molecule has 0 unspecified atom stereocenters. The van der Waals surface area contributed by atoms with Crippen LogP contribution >= 0.6 is 0 Å². The van der Waals surface area contributed by atoms with E-state index in [0.29, 0.717) is 0 Å². The van der Waals surface area contributed by atoms with Crippen LogP contribution in [0.3, 0.4) is 0 Å². The number of benzene rings is 3. The Bertz CT molecular complexity index is 1350. The standard InChI is InChI=1S/C28H21NO5/c1-2-34-27(33)18-11-5-8-14-21(18)29-25(31)23-22-16-9-3-6-12-19(16)28(15-30,24(23)26(29)32)20-13-7-4-10-17(20)22/h3-15,22-24H,2H2,1H3/t22?,23-,24-,28?/m0/s1. The largest absolute Gasteiger partial charge is 0.462 e. The van der Waals surface area contributed by atoms with Crippen molar-refractivity contribution in [1.82, 2.24) is 0 Å². The second-order valence-corrected chi connectivity index (χ2v) is 8.89. The fourth-order valence-corrected chi connectivity index (χ4v) is 6.32. The first-order valence-electron chi connectivity index (χ1n) is 11.3. The predicted molar refractivity (Wildman–Crippen MR) is 123 cm³/mol. The number of para-hydroxylation sites is 1. The van der Waals surface area contributed by atoms with Gasteiger partial charge in [-0.3, -0.25) is 9.59 Å². The Morgan fingerprint density at radius 1 is 0.912 bits per heavy atom. The number of aldehydes is 1. The van der Waals surface area contributed by atoms with Gasteiger partial charge in [0.1, 0.15) is 6.29 Å². The third-order valence-corrected chi connectivity index (χ3v) is 7.51. The maximum absolute atomic E-state index is 14.1. The summed E-state index contributed by atoms with van der Waals surface area (Å²) in [6.45, 7) is 1.86. The summed E-state index contributed by atoms with van der Waals surface area (Å²) in [6, 6.07) is 21.6. The molecule has 0 spiro atoms. The summed E-state index contributed by atoms with van der Waals surface area (Å²) in [7, 11) is 0. The van der Waals surface area contributed by atoms with Crippen LogP contribution in [0.2, 0.25) is 0 Å². The van der Waals surface area contributed by atoms with Gasteiger partial charge in [0.2, 0.25) is 11.8 Å². The molecular weight excluding hydrogens is 430 g/mol. The number of imide groups is 1. The molecule has 0 aromatic heterocycles. The quantitative estimate of drug-likeness (QED) is 0.344. The zero-order valence-electron chi connectivity index (χ0n) is 18.4. The molecule has 0 radical (unpaired) electrons. The summed E-state index contributed by atoms with van der Waals surface area (Å²) in [5, 5.41) is 0. The van der Waals surface area contributed by atoms with Gasteiger partial charge in [-0.2, -0.15) is 0 Å². The molecule has 2 atom stereocenters. The monoisotopic (exact) mass is 451 g/mol. The molecule has 3 aromatic carbocycles. The third-order valence-electron chi connectivity index (χ3n) is 7.51. The average Bonchev–Trinajstić information content (AvgIpc) is 3.14. The molecule has 7 rings (SSSR count). The molecule has 4 aliphatic rings. The third kappa shape index (κ3) is 2.35. The number of hydrogen-bond acceptors (Lipinski definition) is 5. The van der Waals surface area contributed by atoms with Gasteiger partial charge in [0.05, 0.1) is 35.1 Å². The van der Waals surface area contributed by atoms with Crippen LogP contribution in [0.15, 0.2) is 72.8 Å². The van der Waals surface area contributed by atoms with Crippen LogP contribution < -0.4 is 4.90 Å². The second-order valence-electron chi connectivity index (χ2n) is 8.89. The van der Waals surface area contributed by atoms with Crippen LogP contribution in [0, 0.1) is 11.8 Å². The molecular formula is C28H21NO5. The number of carbonyl (C=O) groups excluding carboxylic acids is 4.